The maximum Gasteiger partial charge on any atom is 0.261 e. The maximum absolute atomic E-state index is 13.4. The second-order valence-corrected chi connectivity index (χ2v) is 14.2. The van der Waals surface area contributed by atoms with Crippen LogP contribution in [0.15, 0.2) is 76.5 Å². The molecule has 1 heterocycles. The number of nitrogens with one attached hydrogen (secondary N) is 1. The molecule has 0 saturated heterocycles. The lowest BCUT2D eigenvalue weighted by Gasteiger charge is -2.33. The fraction of sp³-hybridized carbons (Fsp3) is 0.345. The van der Waals surface area contributed by atoms with Crippen LogP contribution >= 0.6 is 0 Å². The highest BCUT2D eigenvalue weighted by Crippen LogP contribution is 2.30. The summed E-state index contributed by atoms with van der Waals surface area (Å²) in [5, 5.41) is 9.84. The number of aliphatic hydroxyl groups is 1. The number of sulfonamides is 2. The molecule has 0 fully saturated rings. The molecule has 1 aliphatic heterocycles. The first kappa shape index (κ1) is 32.3. The van der Waals surface area contributed by atoms with E-state index in [0.717, 1.165) is 40.7 Å². The van der Waals surface area contributed by atoms with Crippen molar-refractivity contribution < 1.29 is 40.3 Å². The van der Waals surface area contributed by atoms with Gasteiger partial charge in [0.15, 0.2) is 0 Å². The zero-order valence-corrected chi connectivity index (χ0v) is 25.4. The number of anilines is 1. The minimum Gasteiger partial charge on any atom is -0.488 e. The molecule has 0 aliphatic carbocycles. The number of benzene rings is 3. The summed E-state index contributed by atoms with van der Waals surface area (Å²) >= 11 is 0. The minimum atomic E-state index is -4.09. The summed E-state index contributed by atoms with van der Waals surface area (Å²) in [7, 11) is -6.74. The van der Waals surface area contributed by atoms with E-state index in [1.54, 1.807) is 13.8 Å². The van der Waals surface area contributed by atoms with Crippen molar-refractivity contribution in [2.45, 2.75) is 42.2 Å². The van der Waals surface area contributed by atoms with Crippen LogP contribution in [0.2, 0.25) is 0 Å². The van der Waals surface area contributed by atoms with Crippen LogP contribution in [0.1, 0.15) is 19.4 Å². The predicted octanol–water partition coefficient (Wildman–Crippen LogP) is 3.24. The average Bonchev–Trinajstić information content (AvgIpc) is 3.00. The molecule has 1 aliphatic rings. The molecule has 14 heteroatoms. The van der Waals surface area contributed by atoms with Crippen molar-refractivity contribution in [2.24, 2.45) is 5.92 Å². The molecule has 0 aromatic heterocycles. The Morgan fingerprint density at radius 1 is 1.00 bits per heavy atom. The number of likely N-dealkylation sites (N-methyl/N-ethyl adjacent to an activating group) is 1. The Kier molecular flexibility index (Phi) is 9.74. The van der Waals surface area contributed by atoms with Gasteiger partial charge in [-0.25, -0.2) is 25.6 Å². The summed E-state index contributed by atoms with van der Waals surface area (Å²) < 4.78 is 88.8. The molecule has 43 heavy (non-hydrogen) atoms. The monoisotopic (exact) mass is 637 g/mol. The zero-order valence-electron chi connectivity index (χ0n) is 23.8. The molecular weight excluding hydrogens is 604 g/mol. The van der Waals surface area contributed by atoms with Crippen molar-refractivity contribution in [3.8, 4) is 5.75 Å². The quantitative estimate of drug-likeness (QED) is 0.368. The Labute approximate surface area is 250 Å². The number of halogens is 2. The van der Waals surface area contributed by atoms with Crippen LogP contribution in [0, 0.1) is 17.6 Å². The highest BCUT2D eigenvalue weighted by Gasteiger charge is 2.33. The summed E-state index contributed by atoms with van der Waals surface area (Å²) in [5.74, 6) is -1.67. The number of amides is 1. The smallest absolute Gasteiger partial charge is 0.261 e. The first-order valence-corrected chi connectivity index (χ1v) is 16.3. The van der Waals surface area contributed by atoms with Gasteiger partial charge < -0.3 is 14.7 Å². The second-order valence-electron chi connectivity index (χ2n) is 10.5. The fourth-order valence-electron chi connectivity index (χ4n) is 4.68. The van der Waals surface area contributed by atoms with Crippen LogP contribution in [-0.2, 0) is 31.3 Å². The number of rotatable bonds is 9. The van der Waals surface area contributed by atoms with Gasteiger partial charge in [0.2, 0.25) is 15.9 Å². The number of carbonyl (C=O) groups is 1. The lowest BCUT2D eigenvalue weighted by Crippen LogP contribution is -2.48. The Balaban J connectivity index is 1.68. The zero-order chi connectivity index (χ0) is 31.5. The summed E-state index contributed by atoms with van der Waals surface area (Å²) in [6.07, 6.45) is -0.963. The van der Waals surface area contributed by atoms with E-state index in [1.807, 2.05) is 0 Å². The van der Waals surface area contributed by atoms with Crippen molar-refractivity contribution in [3.63, 3.8) is 0 Å². The number of fused-ring (bicyclic) bond motifs is 1. The Morgan fingerprint density at radius 3 is 2.16 bits per heavy atom. The van der Waals surface area contributed by atoms with Crippen molar-refractivity contribution in [2.75, 3.05) is 31.5 Å². The van der Waals surface area contributed by atoms with Gasteiger partial charge in [0.05, 0.1) is 35.4 Å². The molecule has 4 rings (SSSR count). The van der Waals surface area contributed by atoms with Crippen molar-refractivity contribution >= 4 is 31.6 Å². The van der Waals surface area contributed by atoms with E-state index < -0.39 is 49.7 Å². The number of nitrogens with zero attached hydrogens (tertiary/aromatic N) is 2. The van der Waals surface area contributed by atoms with Gasteiger partial charge >= 0.3 is 0 Å². The van der Waals surface area contributed by atoms with E-state index in [2.05, 4.69) is 4.72 Å². The van der Waals surface area contributed by atoms with E-state index in [0.29, 0.717) is 5.56 Å². The maximum atomic E-state index is 13.4. The highest BCUT2D eigenvalue weighted by molar-refractivity contribution is 7.92. The van der Waals surface area contributed by atoms with E-state index >= 15 is 0 Å². The van der Waals surface area contributed by atoms with Gasteiger partial charge in [-0.1, -0.05) is 6.92 Å². The number of hydrogen-bond acceptors (Lipinski definition) is 7. The number of carbonyl (C=O) groups excluding carboxylic acids is 1. The molecular formula is C29H33F2N3O7S2. The number of hydrogen-bond donors (Lipinski definition) is 2. The van der Waals surface area contributed by atoms with Crippen molar-refractivity contribution in [1.82, 2.24) is 9.21 Å². The molecule has 1 amide bonds. The predicted molar refractivity (Wildman–Crippen MR) is 155 cm³/mol. The van der Waals surface area contributed by atoms with Crippen LogP contribution in [-0.4, -0.2) is 75.9 Å². The lowest BCUT2D eigenvalue weighted by molar-refractivity contribution is -0.134. The molecule has 0 spiro atoms. The van der Waals surface area contributed by atoms with Crippen LogP contribution in [0.5, 0.6) is 5.75 Å². The van der Waals surface area contributed by atoms with Crippen molar-refractivity contribution in [3.05, 3.63) is 83.9 Å². The minimum absolute atomic E-state index is 0.101. The molecule has 0 unspecified atom stereocenters. The molecule has 3 atom stereocenters. The highest BCUT2D eigenvalue weighted by atomic mass is 32.2. The number of aliphatic hydroxyl groups excluding tert-OH is 1. The van der Waals surface area contributed by atoms with Gasteiger partial charge in [-0.2, -0.15) is 4.31 Å². The third-order valence-electron chi connectivity index (χ3n) is 7.25. The van der Waals surface area contributed by atoms with Gasteiger partial charge in [0, 0.05) is 30.8 Å². The topological polar surface area (TPSA) is 133 Å². The van der Waals surface area contributed by atoms with Gasteiger partial charge in [0.25, 0.3) is 10.0 Å². The molecule has 232 valence electrons. The van der Waals surface area contributed by atoms with Crippen LogP contribution in [0.4, 0.5) is 14.5 Å². The number of ether oxygens (including phenoxy) is 1. The van der Waals surface area contributed by atoms with E-state index in [-0.39, 0.29) is 53.3 Å². The summed E-state index contributed by atoms with van der Waals surface area (Å²) in [4.78, 5) is 14.7. The van der Waals surface area contributed by atoms with Gasteiger partial charge in [-0.3, -0.25) is 9.52 Å². The Morgan fingerprint density at radius 2 is 1.58 bits per heavy atom. The fourth-order valence-corrected chi connectivity index (χ4v) is 6.91. The van der Waals surface area contributed by atoms with E-state index in [1.165, 1.54) is 42.3 Å². The Bertz CT molecular complexity index is 1670. The third-order valence-corrected chi connectivity index (χ3v) is 10.5. The average molecular weight is 638 g/mol. The van der Waals surface area contributed by atoms with E-state index in [4.69, 9.17) is 4.74 Å². The van der Waals surface area contributed by atoms with Gasteiger partial charge in [0.1, 0.15) is 23.5 Å². The molecule has 3 aromatic rings. The van der Waals surface area contributed by atoms with Gasteiger partial charge in [-0.15, -0.1) is 0 Å². The normalized spacial score (nSPS) is 18.7. The summed E-state index contributed by atoms with van der Waals surface area (Å²) in [6, 6.07) is 12.6. The summed E-state index contributed by atoms with van der Waals surface area (Å²) in [6.45, 7) is 3.18. The summed E-state index contributed by atoms with van der Waals surface area (Å²) in [5.41, 5.74) is 0.462. The SMILES string of the molecule is C[C@@H]1CN([C@H](C)CO)C(=O)Cc2cc(NS(=O)(=O)c3ccc(F)cc3)ccc2O[C@@H]1CN(C)S(=O)(=O)c1ccc(F)cc1. The molecule has 10 nitrogen and oxygen atoms in total. The van der Waals surface area contributed by atoms with Crippen LogP contribution < -0.4 is 9.46 Å². The standard InChI is InChI=1S/C29H33F2N3O7S2/c1-19-16-34(20(2)18-35)29(36)15-21-14-24(32-42(37,38)25-9-4-22(30)5-10-25)8-13-27(21)41-28(19)17-33(3)43(39,40)26-11-6-23(31)7-12-26/h4-14,19-20,28,32,35H,15-18H2,1-3H3/t19-,20-,28-/m1/s1. The molecule has 2 N–H and O–H groups in total. The largest absolute Gasteiger partial charge is 0.488 e. The molecule has 3 aromatic carbocycles. The van der Waals surface area contributed by atoms with Crippen LogP contribution in [0.3, 0.4) is 0 Å². The lowest BCUT2D eigenvalue weighted by atomic mass is 10.0. The molecule has 0 saturated carbocycles. The Hall–Kier alpha value is -3.59. The molecule has 0 radical (unpaired) electrons. The van der Waals surface area contributed by atoms with E-state index in [9.17, 15) is 35.5 Å². The van der Waals surface area contributed by atoms with Crippen molar-refractivity contribution in [1.29, 1.82) is 0 Å². The first-order valence-electron chi connectivity index (χ1n) is 13.4. The first-order chi connectivity index (χ1) is 20.2. The molecule has 0 bridgehead atoms. The second kappa shape index (κ2) is 13.0. The van der Waals surface area contributed by atoms with Gasteiger partial charge in [-0.05, 0) is 73.7 Å². The van der Waals surface area contributed by atoms with Crippen LogP contribution in [0.25, 0.3) is 0 Å². The third kappa shape index (κ3) is 7.50.